The van der Waals surface area contributed by atoms with Crippen LogP contribution in [0.1, 0.15) is 52.9 Å². The van der Waals surface area contributed by atoms with E-state index in [4.69, 9.17) is 10.8 Å². The minimum absolute atomic E-state index is 0.0236. The molecule has 0 spiro atoms. The molecule has 3 N–H and O–H groups in total. The molecule has 1 fully saturated rings. The van der Waals surface area contributed by atoms with Gasteiger partial charge in [0.1, 0.15) is 0 Å². The molecule has 0 aromatic carbocycles. The standard InChI is InChI=1S/C14H26N2O3/c1-10(2)16(8-6-12(17)18)13(19)14(15)7-4-5-11(3)9-14/h10-11H,4-9,15H2,1-3H3,(H,17,18). The van der Waals surface area contributed by atoms with Crippen molar-refractivity contribution >= 4 is 11.9 Å². The Morgan fingerprint density at radius 2 is 2.11 bits per heavy atom. The van der Waals surface area contributed by atoms with Gasteiger partial charge in [-0.2, -0.15) is 0 Å². The third kappa shape index (κ3) is 4.20. The van der Waals surface area contributed by atoms with Gasteiger partial charge in [0.2, 0.25) is 5.91 Å². The lowest BCUT2D eigenvalue weighted by atomic mass is 9.76. The molecule has 0 aromatic heterocycles. The highest BCUT2D eigenvalue weighted by atomic mass is 16.4. The molecule has 0 heterocycles. The van der Waals surface area contributed by atoms with Crippen LogP contribution in [-0.2, 0) is 9.59 Å². The number of nitrogens with two attached hydrogens (primary N) is 1. The third-order valence-electron chi connectivity index (χ3n) is 3.91. The molecule has 19 heavy (non-hydrogen) atoms. The molecule has 2 atom stereocenters. The van der Waals surface area contributed by atoms with Crippen molar-refractivity contribution in [2.75, 3.05) is 6.54 Å². The Labute approximate surface area is 115 Å². The van der Waals surface area contributed by atoms with Gasteiger partial charge in [0, 0.05) is 12.6 Å². The van der Waals surface area contributed by atoms with E-state index in [2.05, 4.69) is 6.92 Å². The minimum atomic E-state index is -0.887. The molecule has 2 unspecified atom stereocenters. The Bertz CT molecular complexity index is 344. The number of carbonyl (C=O) groups is 2. The number of carboxylic acid groups (broad SMARTS) is 1. The Balaban J connectivity index is 2.77. The molecule has 1 amide bonds. The zero-order valence-electron chi connectivity index (χ0n) is 12.2. The summed E-state index contributed by atoms with van der Waals surface area (Å²) in [5, 5.41) is 8.77. The molecular weight excluding hydrogens is 244 g/mol. The fraction of sp³-hybridized carbons (Fsp3) is 0.857. The minimum Gasteiger partial charge on any atom is -0.481 e. The topological polar surface area (TPSA) is 83.6 Å². The maximum absolute atomic E-state index is 12.6. The van der Waals surface area contributed by atoms with E-state index < -0.39 is 11.5 Å². The van der Waals surface area contributed by atoms with Gasteiger partial charge in [0.05, 0.1) is 12.0 Å². The van der Waals surface area contributed by atoms with Crippen LogP contribution >= 0.6 is 0 Å². The number of hydrogen-bond acceptors (Lipinski definition) is 3. The van der Waals surface area contributed by atoms with Crippen molar-refractivity contribution < 1.29 is 14.7 Å². The van der Waals surface area contributed by atoms with E-state index in [1.165, 1.54) is 0 Å². The van der Waals surface area contributed by atoms with Gasteiger partial charge < -0.3 is 15.7 Å². The second kappa shape index (κ2) is 6.37. The highest BCUT2D eigenvalue weighted by Crippen LogP contribution is 2.32. The lowest BCUT2D eigenvalue weighted by molar-refractivity contribution is -0.143. The number of nitrogens with zero attached hydrogens (tertiary/aromatic N) is 1. The molecule has 110 valence electrons. The summed E-state index contributed by atoms with van der Waals surface area (Å²) in [6.45, 7) is 6.15. The van der Waals surface area contributed by atoms with Gasteiger partial charge >= 0.3 is 5.97 Å². The fourth-order valence-electron chi connectivity index (χ4n) is 2.88. The van der Waals surface area contributed by atoms with Crippen LogP contribution in [0.15, 0.2) is 0 Å². The van der Waals surface area contributed by atoms with Crippen LogP contribution in [0.5, 0.6) is 0 Å². The fourth-order valence-corrected chi connectivity index (χ4v) is 2.88. The van der Waals surface area contributed by atoms with Gasteiger partial charge in [-0.1, -0.05) is 19.8 Å². The summed E-state index contributed by atoms with van der Waals surface area (Å²) in [7, 11) is 0. The van der Waals surface area contributed by atoms with Gasteiger partial charge in [0.15, 0.2) is 0 Å². The van der Waals surface area contributed by atoms with Crippen LogP contribution in [0.2, 0.25) is 0 Å². The Morgan fingerprint density at radius 1 is 1.47 bits per heavy atom. The van der Waals surface area contributed by atoms with Crippen molar-refractivity contribution in [3.8, 4) is 0 Å². The maximum Gasteiger partial charge on any atom is 0.305 e. The molecule has 0 bridgehead atoms. The molecule has 1 aliphatic rings. The van der Waals surface area contributed by atoms with Crippen LogP contribution in [0, 0.1) is 5.92 Å². The van der Waals surface area contributed by atoms with Crippen molar-refractivity contribution in [2.24, 2.45) is 11.7 Å². The van der Waals surface area contributed by atoms with E-state index in [1.807, 2.05) is 13.8 Å². The number of carbonyl (C=O) groups excluding carboxylic acids is 1. The zero-order valence-corrected chi connectivity index (χ0v) is 12.2. The summed E-state index contributed by atoms with van der Waals surface area (Å²) in [6.07, 6.45) is 3.45. The first-order valence-electron chi connectivity index (χ1n) is 7.08. The molecule has 0 aromatic rings. The van der Waals surface area contributed by atoms with Gasteiger partial charge in [-0.25, -0.2) is 0 Å². The summed E-state index contributed by atoms with van der Waals surface area (Å²) < 4.78 is 0. The average molecular weight is 270 g/mol. The van der Waals surface area contributed by atoms with E-state index in [0.29, 0.717) is 18.8 Å². The molecule has 1 aliphatic carbocycles. The molecule has 0 aliphatic heterocycles. The zero-order chi connectivity index (χ0) is 14.6. The number of amides is 1. The van der Waals surface area contributed by atoms with Crippen molar-refractivity contribution in [1.29, 1.82) is 0 Å². The molecular formula is C14H26N2O3. The van der Waals surface area contributed by atoms with E-state index in [-0.39, 0.29) is 24.9 Å². The Kier molecular flexibility index (Phi) is 5.35. The lowest BCUT2D eigenvalue weighted by Crippen LogP contribution is -2.59. The second-order valence-electron chi connectivity index (χ2n) is 6.09. The van der Waals surface area contributed by atoms with Gasteiger partial charge in [-0.05, 0) is 32.6 Å². The number of hydrogen-bond donors (Lipinski definition) is 2. The van der Waals surface area contributed by atoms with E-state index in [1.54, 1.807) is 4.90 Å². The summed E-state index contributed by atoms with van der Waals surface area (Å²) in [5.74, 6) is -0.520. The largest absolute Gasteiger partial charge is 0.481 e. The van der Waals surface area contributed by atoms with Crippen LogP contribution < -0.4 is 5.73 Å². The average Bonchev–Trinajstić information content (AvgIpc) is 2.27. The van der Waals surface area contributed by atoms with Gasteiger partial charge in [-0.3, -0.25) is 9.59 Å². The predicted molar refractivity (Wildman–Crippen MR) is 73.7 cm³/mol. The highest BCUT2D eigenvalue weighted by molar-refractivity contribution is 5.86. The summed E-state index contributed by atoms with van der Waals surface area (Å²) in [4.78, 5) is 24.9. The normalized spacial score (nSPS) is 27.3. The third-order valence-corrected chi connectivity index (χ3v) is 3.91. The van der Waals surface area contributed by atoms with Crippen molar-refractivity contribution in [2.45, 2.75) is 64.5 Å². The Hall–Kier alpha value is -1.10. The van der Waals surface area contributed by atoms with E-state index >= 15 is 0 Å². The predicted octanol–water partition coefficient (Wildman–Crippen LogP) is 1.61. The van der Waals surface area contributed by atoms with Gasteiger partial charge in [-0.15, -0.1) is 0 Å². The van der Waals surface area contributed by atoms with Crippen LogP contribution in [0.4, 0.5) is 0 Å². The van der Waals surface area contributed by atoms with Crippen LogP contribution in [0.25, 0.3) is 0 Å². The first-order valence-corrected chi connectivity index (χ1v) is 7.08. The molecule has 0 saturated heterocycles. The van der Waals surface area contributed by atoms with Crippen LogP contribution in [-0.4, -0.2) is 40.0 Å². The van der Waals surface area contributed by atoms with Crippen LogP contribution in [0.3, 0.4) is 0 Å². The molecule has 5 nitrogen and oxygen atoms in total. The first-order chi connectivity index (χ1) is 8.76. The smallest absolute Gasteiger partial charge is 0.305 e. The van der Waals surface area contributed by atoms with E-state index in [0.717, 1.165) is 12.8 Å². The first kappa shape index (κ1) is 16.0. The Morgan fingerprint density at radius 3 is 2.58 bits per heavy atom. The summed E-state index contributed by atoms with van der Waals surface area (Å²) in [5.41, 5.74) is 5.49. The SMILES string of the molecule is CC1CCCC(N)(C(=O)N(CCC(=O)O)C(C)C)C1. The van der Waals surface area contributed by atoms with Gasteiger partial charge in [0.25, 0.3) is 0 Å². The number of carboxylic acids is 1. The summed E-state index contributed by atoms with van der Waals surface area (Å²) in [6, 6.07) is -0.0236. The molecule has 0 radical (unpaired) electrons. The van der Waals surface area contributed by atoms with E-state index in [9.17, 15) is 9.59 Å². The number of aliphatic carboxylic acids is 1. The monoisotopic (exact) mass is 270 g/mol. The molecule has 5 heteroatoms. The van der Waals surface area contributed by atoms with Crippen molar-refractivity contribution in [3.63, 3.8) is 0 Å². The number of rotatable bonds is 5. The maximum atomic E-state index is 12.6. The highest BCUT2D eigenvalue weighted by Gasteiger charge is 2.41. The second-order valence-corrected chi connectivity index (χ2v) is 6.09. The molecule has 1 rings (SSSR count). The van der Waals surface area contributed by atoms with Crippen molar-refractivity contribution in [1.82, 2.24) is 4.90 Å². The summed E-state index contributed by atoms with van der Waals surface area (Å²) >= 11 is 0. The lowest BCUT2D eigenvalue weighted by Gasteiger charge is -2.40. The quantitative estimate of drug-likeness (QED) is 0.795. The van der Waals surface area contributed by atoms with Crippen molar-refractivity contribution in [3.05, 3.63) is 0 Å². The molecule has 1 saturated carbocycles.